The maximum absolute atomic E-state index is 14.3. The number of nitrogens with one attached hydrogen (secondary N) is 1. The minimum absolute atomic E-state index is 0.153. The van der Waals surface area contributed by atoms with Crippen LogP contribution in [0.2, 0.25) is 0 Å². The molecule has 2 aliphatic rings. The molecular weight excluding hydrogens is 287 g/mol. The van der Waals surface area contributed by atoms with Crippen LogP contribution in [0.1, 0.15) is 34.8 Å². The lowest BCUT2D eigenvalue weighted by atomic mass is 9.89. The molecule has 1 fully saturated rings. The number of halogens is 1. The van der Waals surface area contributed by atoms with E-state index in [0.29, 0.717) is 30.5 Å². The molecule has 0 bridgehead atoms. The molecule has 3 rings (SSSR count). The van der Waals surface area contributed by atoms with Crippen molar-refractivity contribution in [2.45, 2.75) is 32.4 Å². The molecule has 1 aromatic rings. The summed E-state index contributed by atoms with van der Waals surface area (Å²) in [7, 11) is 0. The molecule has 2 heterocycles. The van der Waals surface area contributed by atoms with E-state index in [9.17, 15) is 9.18 Å². The average molecular weight is 308 g/mol. The van der Waals surface area contributed by atoms with Gasteiger partial charge in [0.2, 0.25) is 0 Å². The molecule has 1 unspecified atom stereocenters. The summed E-state index contributed by atoms with van der Waals surface area (Å²) in [6.45, 7) is 5.28. The molecule has 0 aromatic heterocycles. The van der Waals surface area contributed by atoms with Crippen LogP contribution >= 0.6 is 0 Å². The van der Waals surface area contributed by atoms with Gasteiger partial charge in [-0.3, -0.25) is 14.9 Å². The molecule has 2 N–H and O–H groups in total. The van der Waals surface area contributed by atoms with Gasteiger partial charge in [0.1, 0.15) is 5.82 Å². The average Bonchev–Trinajstić information content (AvgIpc) is 2.49. The first-order valence-corrected chi connectivity index (χ1v) is 7.69. The predicted octanol–water partition coefficient (Wildman–Crippen LogP) is 1.73. The van der Waals surface area contributed by atoms with Crippen molar-refractivity contribution in [1.82, 2.24) is 10.4 Å². The van der Waals surface area contributed by atoms with Crippen LogP contribution in [-0.2, 0) is 17.7 Å². The van der Waals surface area contributed by atoms with Gasteiger partial charge in [0.05, 0.1) is 13.2 Å². The van der Waals surface area contributed by atoms with E-state index in [1.54, 1.807) is 11.5 Å². The number of hydroxylamine groups is 1. The number of hydrogen-bond donors (Lipinski definition) is 2. The lowest BCUT2D eigenvalue weighted by molar-refractivity contribution is -0.0544. The van der Waals surface area contributed by atoms with Gasteiger partial charge in [-0.2, -0.15) is 0 Å². The van der Waals surface area contributed by atoms with Gasteiger partial charge < -0.3 is 4.74 Å². The zero-order valence-electron chi connectivity index (χ0n) is 12.6. The summed E-state index contributed by atoms with van der Waals surface area (Å²) in [4.78, 5) is 13.9. The summed E-state index contributed by atoms with van der Waals surface area (Å²) in [5.74, 6) is -0.496. The highest BCUT2D eigenvalue weighted by Crippen LogP contribution is 2.29. The molecule has 5 nitrogen and oxygen atoms in total. The predicted molar refractivity (Wildman–Crippen MR) is 78.2 cm³/mol. The van der Waals surface area contributed by atoms with Crippen molar-refractivity contribution < 1.29 is 19.1 Å². The number of amides is 1. The van der Waals surface area contributed by atoms with Crippen molar-refractivity contribution in [3.05, 3.63) is 34.6 Å². The van der Waals surface area contributed by atoms with Gasteiger partial charge in [-0.25, -0.2) is 9.87 Å². The van der Waals surface area contributed by atoms with Crippen molar-refractivity contribution in [1.29, 1.82) is 0 Å². The molecule has 0 spiro atoms. The van der Waals surface area contributed by atoms with Crippen LogP contribution in [0.15, 0.2) is 12.1 Å². The highest BCUT2D eigenvalue weighted by Gasteiger charge is 2.31. The smallest absolute Gasteiger partial charge is 0.274 e. The standard InChI is InChI=1S/C16H21FN2O3/c1-2-13-5-14-12(7-19(13)6-10-8-22-9-10)3-11(4-15(14)17)16(20)18-21/h3-4,10,13,21H,2,5-9H2,1H3,(H,18,20). The van der Waals surface area contributed by atoms with Crippen molar-refractivity contribution in [3.8, 4) is 0 Å². The Kier molecular flexibility index (Phi) is 4.42. The van der Waals surface area contributed by atoms with Crippen molar-refractivity contribution in [3.63, 3.8) is 0 Å². The molecule has 1 atom stereocenters. The van der Waals surface area contributed by atoms with E-state index < -0.39 is 5.91 Å². The third-order valence-electron chi connectivity index (χ3n) is 4.65. The summed E-state index contributed by atoms with van der Waals surface area (Å²) in [5, 5.41) is 8.73. The van der Waals surface area contributed by atoms with Crippen molar-refractivity contribution in [2.24, 2.45) is 5.92 Å². The van der Waals surface area contributed by atoms with E-state index in [2.05, 4.69) is 11.8 Å². The van der Waals surface area contributed by atoms with E-state index >= 15 is 0 Å². The van der Waals surface area contributed by atoms with Crippen LogP contribution in [0.4, 0.5) is 4.39 Å². The quantitative estimate of drug-likeness (QED) is 0.657. The maximum atomic E-state index is 14.3. The number of carbonyl (C=O) groups excluding carboxylic acids is 1. The van der Waals surface area contributed by atoms with E-state index in [1.165, 1.54) is 6.07 Å². The number of benzene rings is 1. The zero-order valence-corrected chi connectivity index (χ0v) is 12.6. The van der Waals surface area contributed by atoms with Crippen LogP contribution in [0, 0.1) is 11.7 Å². The molecule has 1 amide bonds. The second kappa shape index (κ2) is 6.32. The summed E-state index contributed by atoms with van der Waals surface area (Å²) < 4.78 is 19.5. The number of nitrogens with zero attached hydrogens (tertiary/aromatic N) is 1. The lowest BCUT2D eigenvalue weighted by Crippen LogP contribution is -2.47. The van der Waals surface area contributed by atoms with Gasteiger partial charge in [0, 0.05) is 30.6 Å². The minimum atomic E-state index is -0.682. The molecule has 1 saturated heterocycles. The highest BCUT2D eigenvalue weighted by atomic mass is 19.1. The largest absolute Gasteiger partial charge is 0.381 e. The molecule has 0 aliphatic carbocycles. The Labute approximate surface area is 129 Å². The zero-order chi connectivity index (χ0) is 15.7. The first-order valence-electron chi connectivity index (χ1n) is 7.69. The van der Waals surface area contributed by atoms with E-state index in [-0.39, 0.29) is 11.4 Å². The molecule has 6 heteroatoms. The normalized spacial score (nSPS) is 22.0. The molecule has 0 radical (unpaired) electrons. The van der Waals surface area contributed by atoms with Crippen molar-refractivity contribution >= 4 is 5.91 Å². The summed E-state index contributed by atoms with van der Waals surface area (Å²) in [5.41, 5.74) is 3.25. The van der Waals surface area contributed by atoms with Gasteiger partial charge in [-0.1, -0.05) is 6.92 Å². The van der Waals surface area contributed by atoms with Crippen LogP contribution in [0.25, 0.3) is 0 Å². The Morgan fingerprint density at radius 3 is 2.86 bits per heavy atom. The van der Waals surface area contributed by atoms with Crippen LogP contribution in [0.3, 0.4) is 0 Å². The fourth-order valence-corrected chi connectivity index (χ4v) is 3.31. The molecule has 22 heavy (non-hydrogen) atoms. The van der Waals surface area contributed by atoms with E-state index in [4.69, 9.17) is 9.94 Å². The lowest BCUT2D eigenvalue weighted by Gasteiger charge is -2.40. The van der Waals surface area contributed by atoms with Gasteiger partial charge >= 0.3 is 0 Å². The highest BCUT2D eigenvalue weighted by molar-refractivity contribution is 5.93. The molecule has 2 aliphatic heterocycles. The Morgan fingerprint density at radius 1 is 1.50 bits per heavy atom. The summed E-state index contributed by atoms with van der Waals surface area (Å²) in [6.07, 6.45) is 1.62. The Hall–Kier alpha value is -1.50. The summed E-state index contributed by atoms with van der Waals surface area (Å²) in [6, 6.07) is 3.20. The third-order valence-corrected chi connectivity index (χ3v) is 4.65. The Bertz CT molecular complexity index is 575. The van der Waals surface area contributed by atoms with E-state index in [0.717, 1.165) is 31.7 Å². The van der Waals surface area contributed by atoms with Gasteiger partial charge in [0.15, 0.2) is 0 Å². The number of fused-ring (bicyclic) bond motifs is 1. The molecule has 0 saturated carbocycles. The van der Waals surface area contributed by atoms with Gasteiger partial charge in [-0.15, -0.1) is 0 Å². The fourth-order valence-electron chi connectivity index (χ4n) is 3.31. The first-order chi connectivity index (χ1) is 10.6. The maximum Gasteiger partial charge on any atom is 0.274 e. The molecule has 1 aromatic carbocycles. The van der Waals surface area contributed by atoms with Gasteiger partial charge in [-0.05, 0) is 36.1 Å². The van der Waals surface area contributed by atoms with E-state index in [1.807, 2.05) is 0 Å². The van der Waals surface area contributed by atoms with Crippen LogP contribution in [-0.4, -0.2) is 41.8 Å². The van der Waals surface area contributed by atoms with Gasteiger partial charge in [0.25, 0.3) is 5.91 Å². The monoisotopic (exact) mass is 308 g/mol. The first kappa shape index (κ1) is 15.4. The Balaban J connectivity index is 1.86. The minimum Gasteiger partial charge on any atom is -0.381 e. The van der Waals surface area contributed by atoms with Crippen LogP contribution < -0.4 is 5.48 Å². The summed E-state index contributed by atoms with van der Waals surface area (Å²) >= 11 is 0. The number of carbonyl (C=O) groups is 1. The molecular formula is C16H21FN2O3. The molecule has 120 valence electrons. The fraction of sp³-hybridized carbons (Fsp3) is 0.562. The Morgan fingerprint density at radius 2 is 2.27 bits per heavy atom. The second-order valence-corrected chi connectivity index (χ2v) is 6.14. The second-order valence-electron chi connectivity index (χ2n) is 6.14. The topological polar surface area (TPSA) is 61.8 Å². The van der Waals surface area contributed by atoms with Crippen molar-refractivity contribution in [2.75, 3.05) is 19.8 Å². The third kappa shape index (κ3) is 2.86. The number of rotatable bonds is 4. The number of hydrogen-bond acceptors (Lipinski definition) is 4. The van der Waals surface area contributed by atoms with Crippen LogP contribution in [0.5, 0.6) is 0 Å². The number of ether oxygens (including phenoxy) is 1. The SMILES string of the molecule is CCC1Cc2c(F)cc(C(=O)NO)cc2CN1CC1COC1.